The maximum Gasteiger partial charge on any atom is 0.254 e. The summed E-state index contributed by atoms with van der Waals surface area (Å²) in [6.45, 7) is 4.41. The monoisotopic (exact) mass is 558 g/mol. The Morgan fingerprint density at radius 1 is 1.05 bits per heavy atom. The van der Waals surface area contributed by atoms with Gasteiger partial charge in [0.15, 0.2) is 4.34 Å². The maximum atomic E-state index is 13.6. The number of aromatic nitrogens is 1. The predicted molar refractivity (Wildman–Crippen MR) is 159 cm³/mol. The van der Waals surface area contributed by atoms with Gasteiger partial charge in [0.2, 0.25) is 0 Å². The van der Waals surface area contributed by atoms with Gasteiger partial charge in [0, 0.05) is 42.3 Å². The van der Waals surface area contributed by atoms with Crippen LogP contribution in [0.3, 0.4) is 0 Å². The predicted octanol–water partition coefficient (Wildman–Crippen LogP) is 7.94. The number of thioether (sulfide) groups is 1. The molecular weight excluding hydrogens is 524 g/mol. The van der Waals surface area contributed by atoms with E-state index in [9.17, 15) is 4.79 Å². The van der Waals surface area contributed by atoms with Crippen molar-refractivity contribution < 1.29 is 14.3 Å². The Labute approximate surface area is 238 Å². The van der Waals surface area contributed by atoms with E-state index in [1.807, 2.05) is 30.3 Å². The molecule has 7 heteroatoms. The maximum absolute atomic E-state index is 13.6. The molecule has 2 fully saturated rings. The largest absolute Gasteiger partial charge is 0.497 e. The van der Waals surface area contributed by atoms with E-state index >= 15 is 0 Å². The number of benzene rings is 3. The summed E-state index contributed by atoms with van der Waals surface area (Å²) in [5.74, 6) is 3.22. The van der Waals surface area contributed by atoms with Crippen molar-refractivity contribution in [1.82, 2.24) is 9.88 Å². The number of amides is 1. The van der Waals surface area contributed by atoms with Crippen LogP contribution in [0.5, 0.6) is 11.5 Å². The van der Waals surface area contributed by atoms with Crippen molar-refractivity contribution in [3.05, 3.63) is 83.4 Å². The molecule has 2 atom stereocenters. The highest BCUT2D eigenvalue weighted by molar-refractivity contribution is 8.00. The number of para-hydroxylation sites is 1. The molecule has 0 unspecified atom stereocenters. The zero-order valence-corrected chi connectivity index (χ0v) is 24.3. The standard InChI is InChI=1S/C32H34N2O3S2/c1-20(2)27-6-4-5-7-29(27)37-26-16-23-12-13-24(17-26)34(23)31(35)22-10-8-21(9-11-22)19-38-32-33-28-18-25(36-3)14-15-30(28)39-32/h4-11,14-15,18,20,23-24,26H,12-13,16-17,19H2,1-3H3/t23-,24-/m0/s1. The van der Waals surface area contributed by atoms with E-state index in [0.717, 1.165) is 63.1 Å². The van der Waals surface area contributed by atoms with Gasteiger partial charge in [-0.3, -0.25) is 4.79 Å². The van der Waals surface area contributed by atoms with Crippen molar-refractivity contribution in [2.45, 2.75) is 73.7 Å². The van der Waals surface area contributed by atoms with E-state index < -0.39 is 0 Å². The Morgan fingerprint density at radius 2 is 1.79 bits per heavy atom. The lowest BCUT2D eigenvalue weighted by Crippen LogP contribution is -2.49. The Kier molecular flexibility index (Phi) is 7.54. The number of methoxy groups -OCH3 is 1. The molecule has 2 aliphatic rings. The number of nitrogens with zero attached hydrogens (tertiary/aromatic N) is 2. The Bertz CT molecular complexity index is 1450. The van der Waals surface area contributed by atoms with Crippen molar-refractivity contribution in [2.24, 2.45) is 0 Å². The first-order chi connectivity index (χ1) is 19.0. The minimum atomic E-state index is 0.155. The van der Waals surface area contributed by atoms with E-state index in [-0.39, 0.29) is 24.1 Å². The van der Waals surface area contributed by atoms with Crippen LogP contribution >= 0.6 is 23.1 Å². The molecule has 3 heterocycles. The topological polar surface area (TPSA) is 51.7 Å². The normalized spacial score (nSPS) is 20.5. The van der Waals surface area contributed by atoms with Crippen LogP contribution in [0.4, 0.5) is 0 Å². The minimum absolute atomic E-state index is 0.155. The number of carbonyl (C=O) groups is 1. The van der Waals surface area contributed by atoms with Gasteiger partial charge in [-0.2, -0.15) is 0 Å². The van der Waals surface area contributed by atoms with E-state index in [2.05, 4.69) is 55.1 Å². The van der Waals surface area contributed by atoms with Gasteiger partial charge >= 0.3 is 0 Å². The average molecular weight is 559 g/mol. The average Bonchev–Trinajstić information content (AvgIpc) is 3.48. The zero-order chi connectivity index (χ0) is 26.9. The number of ether oxygens (including phenoxy) is 2. The third-order valence-corrected chi connectivity index (χ3v) is 10.1. The molecule has 5 nitrogen and oxygen atoms in total. The first-order valence-electron chi connectivity index (χ1n) is 13.7. The smallest absolute Gasteiger partial charge is 0.254 e. The first kappa shape index (κ1) is 26.2. The molecular formula is C32H34N2O3S2. The lowest BCUT2D eigenvalue weighted by atomic mass is 9.97. The molecule has 0 saturated carbocycles. The molecule has 202 valence electrons. The van der Waals surface area contributed by atoms with Gasteiger partial charge in [0.05, 0.1) is 17.3 Å². The van der Waals surface area contributed by atoms with Gasteiger partial charge in [0.1, 0.15) is 17.6 Å². The summed E-state index contributed by atoms with van der Waals surface area (Å²) in [6, 6.07) is 23.0. The number of rotatable bonds is 8. The van der Waals surface area contributed by atoms with Gasteiger partial charge in [0.25, 0.3) is 5.91 Å². The van der Waals surface area contributed by atoms with Crippen molar-refractivity contribution in [3.8, 4) is 11.5 Å². The molecule has 2 aliphatic heterocycles. The molecule has 39 heavy (non-hydrogen) atoms. The third-order valence-electron chi connectivity index (χ3n) is 7.90. The fourth-order valence-corrected chi connectivity index (χ4v) is 7.92. The SMILES string of the molecule is COc1ccc2sc(SCc3ccc(C(=O)N4[C@H]5CC[C@H]4CC(Oc4ccccc4C(C)C)C5)cc3)nc2c1. The van der Waals surface area contributed by atoms with Gasteiger partial charge in [-0.05, 0) is 60.2 Å². The molecule has 3 aromatic carbocycles. The summed E-state index contributed by atoms with van der Waals surface area (Å²) in [6.07, 6.45) is 4.08. The first-order valence-corrected chi connectivity index (χ1v) is 15.5. The van der Waals surface area contributed by atoms with Gasteiger partial charge < -0.3 is 14.4 Å². The van der Waals surface area contributed by atoms with E-state index in [4.69, 9.17) is 14.5 Å². The lowest BCUT2D eigenvalue weighted by Gasteiger charge is -2.39. The molecule has 0 spiro atoms. The number of fused-ring (bicyclic) bond motifs is 3. The van der Waals surface area contributed by atoms with Gasteiger partial charge in [-0.25, -0.2) is 4.98 Å². The fourth-order valence-electron chi connectivity index (χ4n) is 5.91. The van der Waals surface area contributed by atoms with Crippen molar-refractivity contribution in [1.29, 1.82) is 0 Å². The van der Waals surface area contributed by atoms with Crippen LogP contribution < -0.4 is 9.47 Å². The highest BCUT2D eigenvalue weighted by atomic mass is 32.2. The number of hydrogen-bond donors (Lipinski definition) is 0. The van der Waals surface area contributed by atoms with Gasteiger partial charge in [-0.15, -0.1) is 11.3 Å². The van der Waals surface area contributed by atoms with E-state index in [0.29, 0.717) is 5.92 Å². The second-order valence-corrected chi connectivity index (χ2v) is 13.1. The number of hydrogen-bond acceptors (Lipinski definition) is 6. The molecule has 6 rings (SSSR count). The van der Waals surface area contributed by atoms with Gasteiger partial charge in [-0.1, -0.05) is 55.9 Å². The third kappa shape index (κ3) is 5.52. The Balaban J connectivity index is 1.07. The van der Waals surface area contributed by atoms with Crippen LogP contribution in [-0.4, -0.2) is 41.1 Å². The minimum Gasteiger partial charge on any atom is -0.497 e. The summed E-state index contributed by atoms with van der Waals surface area (Å²) in [7, 11) is 1.67. The highest BCUT2D eigenvalue weighted by Gasteiger charge is 2.44. The molecule has 1 aromatic heterocycles. The van der Waals surface area contributed by atoms with Crippen LogP contribution in [0, 0.1) is 0 Å². The summed E-state index contributed by atoms with van der Waals surface area (Å²) >= 11 is 3.42. The summed E-state index contributed by atoms with van der Waals surface area (Å²) < 4.78 is 14.0. The molecule has 1 amide bonds. The van der Waals surface area contributed by atoms with Crippen molar-refractivity contribution >= 4 is 39.2 Å². The second-order valence-electron chi connectivity index (χ2n) is 10.8. The number of piperidine rings is 1. The summed E-state index contributed by atoms with van der Waals surface area (Å²) in [4.78, 5) is 20.5. The quantitative estimate of drug-likeness (QED) is 0.206. The Hall–Kier alpha value is -3.03. The van der Waals surface area contributed by atoms with Crippen LogP contribution in [0.15, 0.2) is 71.1 Å². The molecule has 0 aliphatic carbocycles. The van der Waals surface area contributed by atoms with E-state index in [1.54, 1.807) is 30.2 Å². The number of thiazole rings is 1. The second kappa shape index (κ2) is 11.2. The number of carbonyl (C=O) groups excluding carboxylic acids is 1. The zero-order valence-electron chi connectivity index (χ0n) is 22.6. The summed E-state index contributed by atoms with van der Waals surface area (Å²) in [5, 5.41) is 0. The Morgan fingerprint density at radius 3 is 2.51 bits per heavy atom. The molecule has 4 aromatic rings. The molecule has 0 radical (unpaired) electrons. The van der Waals surface area contributed by atoms with Crippen LogP contribution in [0.2, 0.25) is 0 Å². The lowest BCUT2D eigenvalue weighted by molar-refractivity contribution is 0.0356. The highest BCUT2D eigenvalue weighted by Crippen LogP contribution is 2.39. The molecule has 2 bridgehead atoms. The van der Waals surface area contributed by atoms with Crippen molar-refractivity contribution in [3.63, 3.8) is 0 Å². The van der Waals surface area contributed by atoms with Crippen LogP contribution in [0.25, 0.3) is 10.2 Å². The van der Waals surface area contributed by atoms with Crippen LogP contribution in [-0.2, 0) is 5.75 Å². The molecule has 2 saturated heterocycles. The van der Waals surface area contributed by atoms with E-state index in [1.165, 1.54) is 11.1 Å². The van der Waals surface area contributed by atoms with Crippen molar-refractivity contribution in [2.75, 3.05) is 7.11 Å². The van der Waals surface area contributed by atoms with Crippen LogP contribution in [0.1, 0.15) is 66.9 Å². The molecule has 0 N–H and O–H groups in total. The summed E-state index contributed by atoms with van der Waals surface area (Å²) in [5.41, 5.74) is 4.19. The fraction of sp³-hybridized carbons (Fsp3) is 0.375.